The van der Waals surface area contributed by atoms with Crippen LogP contribution in [0.5, 0.6) is 0 Å². The molecule has 0 amide bonds. The summed E-state index contributed by atoms with van der Waals surface area (Å²) in [6.45, 7) is 4.59. The molecule has 0 spiro atoms. The third kappa shape index (κ3) is 37.1. The summed E-state index contributed by atoms with van der Waals surface area (Å²) >= 11 is 0. The van der Waals surface area contributed by atoms with Crippen LogP contribution < -0.4 is 0 Å². The number of rotatable bonds is 22. The van der Waals surface area contributed by atoms with Crippen LogP contribution in [-0.2, 0) is 29.2 Å². The molecule has 0 heterocycles. The van der Waals surface area contributed by atoms with Gasteiger partial charge in [0.25, 0.3) is 0 Å². The van der Waals surface area contributed by atoms with Gasteiger partial charge < -0.3 is 0 Å². The van der Waals surface area contributed by atoms with E-state index in [-0.39, 0.29) is 13.2 Å². The van der Waals surface area contributed by atoms with E-state index in [9.17, 15) is 16.8 Å². The van der Waals surface area contributed by atoms with Crippen LogP contribution in [0.25, 0.3) is 0 Å². The van der Waals surface area contributed by atoms with Gasteiger partial charge in [0.05, 0.1) is 13.2 Å². The summed E-state index contributed by atoms with van der Waals surface area (Å²) in [5.74, 6) is 0. The van der Waals surface area contributed by atoms with Gasteiger partial charge in [-0.3, -0.25) is 9.11 Å². The largest absolute Gasteiger partial charge is 0.397 e. The van der Waals surface area contributed by atoms with Gasteiger partial charge in [-0.15, -0.1) is 0 Å². The molecule has 10 heteroatoms. The first-order chi connectivity index (χ1) is 15.1. The van der Waals surface area contributed by atoms with Crippen LogP contribution in [0.3, 0.4) is 0 Å². The molecule has 0 saturated carbocycles. The Labute approximate surface area is 197 Å². The molecule has 0 aromatic rings. The van der Waals surface area contributed by atoms with Crippen LogP contribution in [0.2, 0.25) is 0 Å². The van der Waals surface area contributed by atoms with Crippen molar-refractivity contribution in [1.82, 2.24) is 0 Å². The molecule has 0 aliphatic heterocycles. The Morgan fingerprint density at radius 3 is 0.875 bits per heavy atom. The molecule has 0 bridgehead atoms. The Morgan fingerprint density at radius 1 is 0.438 bits per heavy atom. The summed E-state index contributed by atoms with van der Waals surface area (Å²) in [5.41, 5.74) is 0. The first-order valence-corrected chi connectivity index (χ1v) is 15.1. The SMILES string of the molecule is CCCCCCCCCCCCOS(=O)(=O)O.CCCCCCCCCCOS(=O)(=O)O. The normalized spacial score (nSPS) is 11.9. The van der Waals surface area contributed by atoms with E-state index in [1.807, 2.05) is 0 Å². The molecule has 0 atom stereocenters. The fourth-order valence-corrected chi connectivity index (χ4v) is 3.81. The fourth-order valence-electron chi connectivity index (χ4n) is 3.15. The third-order valence-corrected chi connectivity index (χ3v) is 5.89. The smallest absolute Gasteiger partial charge is 0.264 e. The second-order valence-electron chi connectivity index (χ2n) is 8.16. The molecule has 0 aromatic carbocycles. The number of hydrogen-bond acceptors (Lipinski definition) is 6. The standard InChI is InChI=1S/C12H26O4S.C10H22O4S/c1-2-3-4-5-6-7-8-9-10-11-12-16-17(13,14)15;1-2-3-4-5-6-7-8-9-10-14-15(11,12)13/h2-12H2,1H3,(H,13,14,15);2-10H2,1H3,(H,11,12,13). The zero-order valence-corrected chi connectivity index (χ0v) is 21.9. The minimum absolute atomic E-state index is 0.0911. The first-order valence-electron chi connectivity index (χ1n) is 12.4. The van der Waals surface area contributed by atoms with Crippen molar-refractivity contribution < 1.29 is 34.3 Å². The second-order valence-corrected chi connectivity index (χ2v) is 10.3. The van der Waals surface area contributed by atoms with Gasteiger partial charge in [-0.2, -0.15) is 16.8 Å². The van der Waals surface area contributed by atoms with E-state index >= 15 is 0 Å². The predicted octanol–water partition coefficient (Wildman–Crippen LogP) is 6.67. The van der Waals surface area contributed by atoms with E-state index in [1.165, 1.54) is 77.0 Å². The van der Waals surface area contributed by atoms with E-state index in [0.29, 0.717) is 12.8 Å². The quantitative estimate of drug-likeness (QED) is 0.123. The Hall–Kier alpha value is -0.260. The van der Waals surface area contributed by atoms with Crippen molar-refractivity contribution in [3.63, 3.8) is 0 Å². The maximum absolute atomic E-state index is 10.2. The predicted molar refractivity (Wildman–Crippen MR) is 129 cm³/mol. The van der Waals surface area contributed by atoms with Gasteiger partial charge in [0.2, 0.25) is 0 Å². The monoisotopic (exact) mass is 504 g/mol. The van der Waals surface area contributed by atoms with Crippen molar-refractivity contribution in [2.75, 3.05) is 13.2 Å². The third-order valence-electron chi connectivity index (χ3n) is 4.96. The lowest BCUT2D eigenvalue weighted by molar-refractivity contribution is 0.260. The second kappa shape index (κ2) is 23.9. The highest BCUT2D eigenvalue weighted by molar-refractivity contribution is 7.81. The van der Waals surface area contributed by atoms with Crippen LogP contribution in [0, 0.1) is 0 Å². The molecular weight excluding hydrogens is 456 g/mol. The van der Waals surface area contributed by atoms with Crippen molar-refractivity contribution >= 4 is 20.8 Å². The van der Waals surface area contributed by atoms with E-state index in [4.69, 9.17) is 9.11 Å². The van der Waals surface area contributed by atoms with Crippen LogP contribution >= 0.6 is 0 Å². The lowest BCUT2D eigenvalue weighted by atomic mass is 10.1. The van der Waals surface area contributed by atoms with Crippen LogP contribution in [-0.4, -0.2) is 39.2 Å². The van der Waals surface area contributed by atoms with Crippen molar-refractivity contribution in [3.8, 4) is 0 Å². The van der Waals surface area contributed by atoms with E-state index in [1.54, 1.807) is 0 Å². The molecule has 0 rings (SSSR count). The molecule has 0 fully saturated rings. The molecule has 8 nitrogen and oxygen atoms in total. The van der Waals surface area contributed by atoms with Crippen molar-refractivity contribution in [2.45, 2.75) is 129 Å². The summed E-state index contributed by atoms with van der Waals surface area (Å²) in [4.78, 5) is 0. The molecule has 0 unspecified atom stereocenters. The summed E-state index contributed by atoms with van der Waals surface area (Å²) in [6, 6.07) is 0. The average molecular weight is 505 g/mol. The highest BCUT2D eigenvalue weighted by Crippen LogP contribution is 2.11. The molecule has 0 aliphatic carbocycles. The van der Waals surface area contributed by atoms with Crippen LogP contribution in [0.15, 0.2) is 0 Å². The van der Waals surface area contributed by atoms with Gasteiger partial charge >= 0.3 is 20.8 Å². The average Bonchev–Trinajstić information content (AvgIpc) is 2.70. The number of hydrogen-bond donors (Lipinski definition) is 2. The Kier molecular flexibility index (Phi) is 25.3. The van der Waals surface area contributed by atoms with Crippen molar-refractivity contribution in [2.24, 2.45) is 0 Å². The Bertz CT molecular complexity index is 577. The van der Waals surface area contributed by atoms with Crippen molar-refractivity contribution in [3.05, 3.63) is 0 Å². The molecular formula is C22H48O8S2. The molecule has 196 valence electrons. The topological polar surface area (TPSA) is 127 Å². The Morgan fingerprint density at radius 2 is 0.656 bits per heavy atom. The molecule has 0 aliphatic rings. The molecule has 0 aromatic heterocycles. The first kappa shape index (κ1) is 33.9. The van der Waals surface area contributed by atoms with Crippen molar-refractivity contribution in [1.29, 1.82) is 0 Å². The van der Waals surface area contributed by atoms with Gasteiger partial charge in [0, 0.05) is 0 Å². The maximum Gasteiger partial charge on any atom is 0.397 e. The van der Waals surface area contributed by atoms with Crippen LogP contribution in [0.1, 0.15) is 129 Å². The fraction of sp³-hybridized carbons (Fsp3) is 1.00. The summed E-state index contributed by atoms with van der Waals surface area (Å²) in [5, 5.41) is 0. The van der Waals surface area contributed by atoms with E-state index in [2.05, 4.69) is 22.2 Å². The molecule has 0 saturated heterocycles. The van der Waals surface area contributed by atoms with E-state index in [0.717, 1.165) is 25.7 Å². The van der Waals surface area contributed by atoms with Gasteiger partial charge in [-0.25, -0.2) is 8.37 Å². The minimum atomic E-state index is -4.23. The van der Waals surface area contributed by atoms with Gasteiger partial charge in [-0.1, -0.05) is 117 Å². The highest BCUT2D eigenvalue weighted by Gasteiger charge is 2.03. The van der Waals surface area contributed by atoms with Crippen LogP contribution in [0.4, 0.5) is 0 Å². The maximum atomic E-state index is 10.2. The minimum Gasteiger partial charge on any atom is -0.264 e. The zero-order chi connectivity index (χ0) is 24.6. The number of unbranched alkanes of at least 4 members (excludes halogenated alkanes) is 16. The summed E-state index contributed by atoms with van der Waals surface area (Å²) in [6.07, 6.45) is 20.9. The lowest BCUT2D eigenvalue weighted by Gasteiger charge is -2.02. The van der Waals surface area contributed by atoms with Gasteiger partial charge in [0.1, 0.15) is 0 Å². The van der Waals surface area contributed by atoms with Gasteiger partial charge in [0.15, 0.2) is 0 Å². The Balaban J connectivity index is 0. The summed E-state index contributed by atoms with van der Waals surface area (Å²) in [7, 11) is -8.46. The van der Waals surface area contributed by atoms with E-state index < -0.39 is 20.8 Å². The lowest BCUT2D eigenvalue weighted by Crippen LogP contribution is -2.04. The zero-order valence-electron chi connectivity index (χ0n) is 20.3. The highest BCUT2D eigenvalue weighted by atomic mass is 32.3. The molecule has 2 N–H and O–H groups in total. The molecule has 0 radical (unpaired) electrons. The molecule has 32 heavy (non-hydrogen) atoms. The summed E-state index contributed by atoms with van der Waals surface area (Å²) < 4.78 is 65.8. The van der Waals surface area contributed by atoms with Gasteiger partial charge in [-0.05, 0) is 12.8 Å².